The molecule has 0 bridgehead atoms. The Bertz CT molecular complexity index is 354. The van der Waals surface area contributed by atoms with Gasteiger partial charge >= 0.3 is 0 Å². The number of hydrazine groups is 1. The van der Waals surface area contributed by atoms with Gasteiger partial charge in [-0.3, -0.25) is 5.84 Å². The van der Waals surface area contributed by atoms with Crippen LogP contribution in [0.25, 0.3) is 0 Å². The zero-order chi connectivity index (χ0) is 10.1. The van der Waals surface area contributed by atoms with Gasteiger partial charge in [0.15, 0.2) is 11.5 Å². The number of ether oxygens (including phenoxy) is 2. The minimum absolute atomic E-state index is 0.267. The van der Waals surface area contributed by atoms with Gasteiger partial charge in [0.1, 0.15) is 0 Å². The van der Waals surface area contributed by atoms with Crippen LogP contribution < -0.4 is 26.5 Å². The minimum Gasteiger partial charge on any atom is -0.454 e. The summed E-state index contributed by atoms with van der Waals surface area (Å²) in [4.78, 5) is 0. The number of rotatable bonds is 2. The monoisotopic (exact) mass is 195 g/mol. The Morgan fingerprint density at radius 2 is 2.00 bits per heavy atom. The molecule has 5 N–H and O–H groups in total. The van der Waals surface area contributed by atoms with E-state index in [2.05, 4.69) is 5.43 Å². The standard InChI is InChI=1S/C9H13N3O2/c1-5-2-7-8(14-4-13-7)3-6(5)9(10)12-11/h2-3,9,12H,4,10-11H2,1H3. The lowest BCUT2D eigenvalue weighted by atomic mass is 10.1. The molecule has 5 nitrogen and oxygen atoms in total. The molecule has 14 heavy (non-hydrogen) atoms. The van der Waals surface area contributed by atoms with Crippen molar-refractivity contribution >= 4 is 0 Å². The molecule has 0 aromatic heterocycles. The zero-order valence-electron chi connectivity index (χ0n) is 7.91. The van der Waals surface area contributed by atoms with Crippen molar-refractivity contribution in [1.82, 2.24) is 5.43 Å². The van der Waals surface area contributed by atoms with Crippen LogP contribution in [0.2, 0.25) is 0 Å². The van der Waals surface area contributed by atoms with E-state index in [4.69, 9.17) is 21.1 Å². The van der Waals surface area contributed by atoms with Crippen molar-refractivity contribution in [3.05, 3.63) is 23.3 Å². The zero-order valence-corrected chi connectivity index (χ0v) is 7.91. The van der Waals surface area contributed by atoms with Gasteiger partial charge in [-0.2, -0.15) is 0 Å². The maximum absolute atomic E-state index is 5.76. The highest BCUT2D eigenvalue weighted by Gasteiger charge is 2.17. The van der Waals surface area contributed by atoms with Gasteiger partial charge in [-0.25, -0.2) is 5.43 Å². The Morgan fingerprint density at radius 3 is 2.64 bits per heavy atom. The SMILES string of the molecule is Cc1cc2c(cc1C(N)NN)OCO2. The molecule has 0 saturated carbocycles. The first-order valence-corrected chi connectivity index (χ1v) is 4.34. The highest BCUT2D eigenvalue weighted by Crippen LogP contribution is 2.35. The summed E-state index contributed by atoms with van der Waals surface area (Å²) >= 11 is 0. The summed E-state index contributed by atoms with van der Waals surface area (Å²) in [5, 5.41) is 0. The molecule has 1 heterocycles. The average molecular weight is 195 g/mol. The van der Waals surface area contributed by atoms with Crippen LogP contribution in [0.1, 0.15) is 17.3 Å². The molecule has 0 fully saturated rings. The molecular formula is C9H13N3O2. The Hall–Kier alpha value is -1.30. The molecule has 0 spiro atoms. The summed E-state index contributed by atoms with van der Waals surface area (Å²) in [7, 11) is 0. The number of nitrogens with two attached hydrogens (primary N) is 2. The predicted molar refractivity (Wildman–Crippen MR) is 51.6 cm³/mol. The van der Waals surface area contributed by atoms with E-state index in [9.17, 15) is 0 Å². The lowest BCUT2D eigenvalue weighted by Gasteiger charge is -2.13. The molecule has 1 aliphatic rings. The molecule has 1 aromatic carbocycles. The van der Waals surface area contributed by atoms with Crippen LogP contribution in [-0.2, 0) is 0 Å². The molecule has 0 radical (unpaired) electrons. The van der Waals surface area contributed by atoms with Crippen LogP contribution >= 0.6 is 0 Å². The van der Waals surface area contributed by atoms with Gasteiger partial charge in [-0.1, -0.05) is 0 Å². The fraction of sp³-hybridized carbons (Fsp3) is 0.333. The van der Waals surface area contributed by atoms with E-state index < -0.39 is 0 Å². The predicted octanol–water partition coefficient (Wildman–Crippen LogP) is 0.144. The van der Waals surface area contributed by atoms with Gasteiger partial charge in [0, 0.05) is 0 Å². The Kier molecular flexibility index (Phi) is 2.28. The van der Waals surface area contributed by atoms with Crippen molar-refractivity contribution in [2.45, 2.75) is 13.1 Å². The summed E-state index contributed by atoms with van der Waals surface area (Å²) in [6, 6.07) is 3.75. The van der Waals surface area contributed by atoms with E-state index in [0.717, 1.165) is 22.6 Å². The smallest absolute Gasteiger partial charge is 0.231 e. The molecule has 0 aliphatic carbocycles. The van der Waals surface area contributed by atoms with Crippen LogP contribution in [0.15, 0.2) is 12.1 Å². The van der Waals surface area contributed by atoms with Gasteiger partial charge in [-0.05, 0) is 30.2 Å². The number of benzene rings is 1. The first-order chi connectivity index (χ1) is 6.72. The minimum atomic E-state index is -0.385. The number of hydrogen-bond donors (Lipinski definition) is 3. The van der Waals surface area contributed by atoms with E-state index in [-0.39, 0.29) is 13.0 Å². The van der Waals surface area contributed by atoms with Gasteiger partial charge < -0.3 is 15.2 Å². The van der Waals surface area contributed by atoms with Crippen LogP contribution in [0.4, 0.5) is 0 Å². The molecule has 0 saturated heterocycles. The largest absolute Gasteiger partial charge is 0.454 e. The van der Waals surface area contributed by atoms with Crippen molar-refractivity contribution < 1.29 is 9.47 Å². The molecule has 2 rings (SSSR count). The second-order valence-electron chi connectivity index (χ2n) is 3.21. The lowest BCUT2D eigenvalue weighted by Crippen LogP contribution is -2.34. The lowest BCUT2D eigenvalue weighted by molar-refractivity contribution is 0.174. The summed E-state index contributed by atoms with van der Waals surface area (Å²) in [6.07, 6.45) is -0.385. The normalized spacial score (nSPS) is 15.6. The maximum Gasteiger partial charge on any atom is 0.231 e. The Labute approximate surface area is 81.9 Å². The number of hydrogen-bond acceptors (Lipinski definition) is 5. The highest BCUT2D eigenvalue weighted by atomic mass is 16.7. The van der Waals surface area contributed by atoms with Crippen LogP contribution in [0.3, 0.4) is 0 Å². The van der Waals surface area contributed by atoms with Gasteiger partial charge in [-0.15, -0.1) is 0 Å². The Morgan fingerprint density at radius 1 is 1.36 bits per heavy atom. The van der Waals surface area contributed by atoms with Crippen molar-refractivity contribution in [3.8, 4) is 11.5 Å². The molecule has 0 amide bonds. The summed E-state index contributed by atoms with van der Waals surface area (Å²) in [6.45, 7) is 2.22. The second-order valence-corrected chi connectivity index (χ2v) is 3.21. The first-order valence-electron chi connectivity index (χ1n) is 4.34. The van der Waals surface area contributed by atoms with Crippen LogP contribution in [0, 0.1) is 6.92 Å². The molecule has 1 aliphatic heterocycles. The summed E-state index contributed by atoms with van der Waals surface area (Å²) < 4.78 is 10.5. The molecular weight excluding hydrogens is 182 g/mol. The van der Waals surface area contributed by atoms with Crippen molar-refractivity contribution in [1.29, 1.82) is 0 Å². The van der Waals surface area contributed by atoms with Crippen LogP contribution in [-0.4, -0.2) is 6.79 Å². The maximum atomic E-state index is 5.76. The molecule has 76 valence electrons. The first kappa shape index (κ1) is 9.26. The average Bonchev–Trinajstić information content (AvgIpc) is 2.62. The van der Waals surface area contributed by atoms with Crippen LogP contribution in [0.5, 0.6) is 11.5 Å². The van der Waals surface area contributed by atoms with E-state index in [1.807, 2.05) is 19.1 Å². The number of nitrogens with one attached hydrogen (secondary N) is 1. The third kappa shape index (κ3) is 1.41. The summed E-state index contributed by atoms with van der Waals surface area (Å²) in [5.41, 5.74) is 10.2. The second kappa shape index (κ2) is 3.45. The molecule has 1 aromatic rings. The van der Waals surface area contributed by atoms with Crippen molar-refractivity contribution in [2.24, 2.45) is 11.6 Å². The van der Waals surface area contributed by atoms with Crippen molar-refractivity contribution in [3.63, 3.8) is 0 Å². The molecule has 1 unspecified atom stereocenters. The Balaban J connectivity index is 2.42. The van der Waals surface area contributed by atoms with E-state index in [1.54, 1.807) is 0 Å². The third-order valence-corrected chi connectivity index (χ3v) is 2.28. The highest BCUT2D eigenvalue weighted by molar-refractivity contribution is 5.49. The van der Waals surface area contributed by atoms with E-state index in [1.165, 1.54) is 0 Å². The number of aryl methyl sites for hydroxylation is 1. The van der Waals surface area contributed by atoms with Gasteiger partial charge in [0.05, 0.1) is 6.17 Å². The molecule has 5 heteroatoms. The van der Waals surface area contributed by atoms with Crippen molar-refractivity contribution in [2.75, 3.05) is 6.79 Å². The fourth-order valence-corrected chi connectivity index (χ4v) is 1.48. The molecule has 1 atom stereocenters. The number of fused-ring (bicyclic) bond motifs is 1. The quantitative estimate of drug-likeness (QED) is 0.355. The van der Waals surface area contributed by atoms with E-state index in [0.29, 0.717) is 0 Å². The summed E-state index contributed by atoms with van der Waals surface area (Å²) in [5.74, 6) is 6.75. The third-order valence-electron chi connectivity index (χ3n) is 2.28. The van der Waals surface area contributed by atoms with Gasteiger partial charge in [0.25, 0.3) is 0 Å². The topological polar surface area (TPSA) is 82.5 Å². The van der Waals surface area contributed by atoms with E-state index >= 15 is 0 Å². The fourth-order valence-electron chi connectivity index (χ4n) is 1.48. The van der Waals surface area contributed by atoms with Gasteiger partial charge in [0.2, 0.25) is 6.79 Å².